The van der Waals surface area contributed by atoms with Crippen LogP contribution >= 0.6 is 0 Å². The molecular formula is C25H23F7N4O3. The summed E-state index contributed by atoms with van der Waals surface area (Å²) >= 11 is 0. The van der Waals surface area contributed by atoms with E-state index in [1.807, 2.05) is 0 Å². The highest BCUT2D eigenvalue weighted by Gasteiger charge is 2.82. The number of tetrazole rings is 1. The zero-order valence-corrected chi connectivity index (χ0v) is 20.4. The number of nitrogens with zero attached hydrogens (tertiary/aromatic N) is 4. The number of aliphatic hydroxyl groups is 2. The molecule has 2 N–H and O–H groups in total. The molecule has 2 bridgehead atoms. The van der Waals surface area contributed by atoms with E-state index >= 15 is 8.78 Å². The first-order valence-electron chi connectivity index (χ1n) is 11.8. The molecule has 3 aliphatic rings. The first-order valence-corrected chi connectivity index (χ1v) is 11.8. The average molecular weight is 560 g/mol. The van der Waals surface area contributed by atoms with Crippen LogP contribution in [0.4, 0.5) is 30.7 Å². The van der Waals surface area contributed by atoms with E-state index in [9.17, 15) is 32.2 Å². The molecule has 3 fully saturated rings. The summed E-state index contributed by atoms with van der Waals surface area (Å²) in [6.45, 7) is -1.34. The van der Waals surface area contributed by atoms with Gasteiger partial charge < -0.3 is 14.9 Å². The van der Waals surface area contributed by atoms with Crippen LogP contribution in [-0.2, 0) is 17.6 Å². The van der Waals surface area contributed by atoms with Gasteiger partial charge in [0.25, 0.3) is 5.92 Å². The minimum absolute atomic E-state index is 0.0533. The summed E-state index contributed by atoms with van der Waals surface area (Å²) in [5, 5.41) is 31.2. The predicted molar refractivity (Wildman–Crippen MR) is 120 cm³/mol. The zero-order valence-electron chi connectivity index (χ0n) is 20.4. The molecule has 6 rings (SSSR count). The molecule has 0 unspecified atom stereocenters. The van der Waals surface area contributed by atoms with Gasteiger partial charge in [0.1, 0.15) is 30.3 Å². The number of hydrogen-bond acceptors (Lipinski definition) is 6. The normalized spacial score (nSPS) is 25.7. The van der Waals surface area contributed by atoms with E-state index in [1.165, 1.54) is 12.1 Å². The van der Waals surface area contributed by atoms with Crippen LogP contribution < -0.4 is 4.74 Å². The molecule has 1 heterocycles. The van der Waals surface area contributed by atoms with Gasteiger partial charge in [0.2, 0.25) is 0 Å². The highest BCUT2D eigenvalue weighted by atomic mass is 19.4. The van der Waals surface area contributed by atoms with Gasteiger partial charge in [-0.2, -0.15) is 13.2 Å². The Morgan fingerprint density at radius 1 is 0.974 bits per heavy atom. The van der Waals surface area contributed by atoms with E-state index < -0.39 is 64.5 Å². The third-order valence-corrected chi connectivity index (χ3v) is 7.97. The minimum atomic E-state index is -4.89. The van der Waals surface area contributed by atoms with Crippen molar-refractivity contribution in [3.8, 4) is 5.75 Å². The summed E-state index contributed by atoms with van der Waals surface area (Å²) in [5.74, 6) is -6.18. The fourth-order valence-corrected chi connectivity index (χ4v) is 5.74. The Kier molecular flexibility index (Phi) is 6.04. The molecule has 2 atom stereocenters. The number of rotatable bonds is 9. The first-order chi connectivity index (χ1) is 18.0. The molecule has 0 spiro atoms. The van der Waals surface area contributed by atoms with Crippen molar-refractivity contribution in [1.29, 1.82) is 0 Å². The SMILES string of the molecule is C[C@](O)(COc1ccc(C23CC(C(F)(F)[C@@](O)(Cn4cnnn4)c4ccc(F)cc4F)(C2)C3)cc1)C(F)(F)F. The molecule has 7 nitrogen and oxygen atoms in total. The molecule has 0 amide bonds. The molecule has 14 heteroatoms. The van der Waals surface area contributed by atoms with Crippen molar-refractivity contribution < 1.29 is 45.7 Å². The standard InChI is InChI=1S/C25H23F7N4O3/c1-20(37,25(30,31)32)13-39-17-5-2-15(3-6-17)21-9-22(10-21,11-21)24(28,29)23(38,12-36-14-33-34-35-36)18-7-4-16(26)8-19(18)27/h2-8,14,37-38H,9-13H2,1H3/t20-,21?,22?,23+/m0/s1. The summed E-state index contributed by atoms with van der Waals surface area (Å²) in [4.78, 5) is 0. The van der Waals surface area contributed by atoms with E-state index in [1.54, 1.807) is 12.1 Å². The number of aromatic nitrogens is 4. The van der Waals surface area contributed by atoms with Crippen molar-refractivity contribution in [2.24, 2.45) is 5.41 Å². The Hall–Kier alpha value is -3.26. The maximum absolute atomic E-state index is 16.2. The van der Waals surface area contributed by atoms with Gasteiger partial charge in [0.15, 0.2) is 11.2 Å². The van der Waals surface area contributed by atoms with E-state index in [-0.39, 0.29) is 25.0 Å². The molecule has 1 aromatic heterocycles. The van der Waals surface area contributed by atoms with Crippen LogP contribution in [0, 0.1) is 17.0 Å². The Balaban J connectivity index is 1.35. The van der Waals surface area contributed by atoms with Gasteiger partial charge in [-0.15, -0.1) is 5.10 Å². The quantitative estimate of drug-likeness (QED) is 0.380. The minimum Gasteiger partial charge on any atom is -0.490 e. The lowest BCUT2D eigenvalue weighted by Crippen LogP contribution is -2.76. The molecular weight excluding hydrogens is 537 g/mol. The van der Waals surface area contributed by atoms with Gasteiger partial charge in [-0.25, -0.2) is 22.2 Å². The number of benzene rings is 2. The van der Waals surface area contributed by atoms with E-state index in [4.69, 9.17) is 4.74 Å². The number of alkyl halides is 5. The first kappa shape index (κ1) is 27.3. The van der Waals surface area contributed by atoms with E-state index in [0.717, 1.165) is 23.1 Å². The van der Waals surface area contributed by atoms with Gasteiger partial charge in [-0.3, -0.25) is 0 Å². The second-order valence-electron chi connectivity index (χ2n) is 10.7. The van der Waals surface area contributed by atoms with Crippen LogP contribution in [0.5, 0.6) is 5.75 Å². The molecule has 3 aliphatic carbocycles. The fourth-order valence-electron chi connectivity index (χ4n) is 5.74. The summed E-state index contributed by atoms with van der Waals surface area (Å²) in [7, 11) is 0. The Morgan fingerprint density at radius 3 is 2.15 bits per heavy atom. The van der Waals surface area contributed by atoms with E-state index in [0.29, 0.717) is 18.6 Å². The number of ether oxygens (including phenoxy) is 1. The Labute approximate surface area is 217 Å². The maximum atomic E-state index is 16.2. The van der Waals surface area contributed by atoms with Gasteiger partial charge >= 0.3 is 6.18 Å². The number of hydrogen-bond donors (Lipinski definition) is 2. The lowest BCUT2D eigenvalue weighted by Gasteiger charge is -2.74. The second-order valence-corrected chi connectivity index (χ2v) is 10.7. The van der Waals surface area contributed by atoms with Crippen molar-refractivity contribution in [3.05, 3.63) is 71.6 Å². The van der Waals surface area contributed by atoms with Gasteiger partial charge in [-0.05, 0) is 71.9 Å². The van der Waals surface area contributed by atoms with Crippen LogP contribution in [0.1, 0.15) is 37.3 Å². The lowest BCUT2D eigenvalue weighted by atomic mass is 9.30. The third-order valence-electron chi connectivity index (χ3n) is 7.97. The molecule has 39 heavy (non-hydrogen) atoms. The summed E-state index contributed by atoms with van der Waals surface area (Å²) in [5.41, 5.74) is -8.68. The highest BCUT2D eigenvalue weighted by Crippen LogP contribution is 2.80. The third kappa shape index (κ3) is 4.15. The summed E-state index contributed by atoms with van der Waals surface area (Å²) in [6.07, 6.45) is -4.07. The summed E-state index contributed by atoms with van der Waals surface area (Å²) < 4.78 is 105. The second kappa shape index (κ2) is 8.62. The zero-order chi connectivity index (χ0) is 28.5. The molecule has 0 radical (unpaired) electrons. The van der Waals surface area contributed by atoms with Crippen molar-refractivity contribution in [3.63, 3.8) is 0 Å². The van der Waals surface area contributed by atoms with Crippen LogP contribution in [0.15, 0.2) is 48.8 Å². The van der Waals surface area contributed by atoms with Crippen molar-refractivity contribution in [2.45, 2.75) is 61.4 Å². The topological polar surface area (TPSA) is 93.3 Å². The van der Waals surface area contributed by atoms with Crippen LogP contribution in [0.2, 0.25) is 0 Å². The van der Waals surface area contributed by atoms with Crippen LogP contribution in [-0.4, -0.2) is 54.7 Å². The van der Waals surface area contributed by atoms with Gasteiger partial charge in [-0.1, -0.05) is 12.1 Å². The average Bonchev–Trinajstić information content (AvgIpc) is 3.28. The van der Waals surface area contributed by atoms with Crippen molar-refractivity contribution >= 4 is 0 Å². The number of halogens is 7. The fraction of sp³-hybridized carbons (Fsp3) is 0.480. The molecule has 2 aromatic carbocycles. The van der Waals surface area contributed by atoms with E-state index in [2.05, 4.69) is 15.5 Å². The molecule has 0 aliphatic heterocycles. The van der Waals surface area contributed by atoms with Crippen molar-refractivity contribution in [1.82, 2.24) is 20.2 Å². The maximum Gasteiger partial charge on any atom is 0.420 e. The summed E-state index contributed by atoms with van der Waals surface area (Å²) in [6, 6.07) is 7.83. The van der Waals surface area contributed by atoms with Gasteiger partial charge in [0, 0.05) is 17.0 Å². The lowest BCUT2D eigenvalue weighted by molar-refractivity contribution is -0.347. The molecule has 0 saturated heterocycles. The molecule has 3 aromatic rings. The van der Waals surface area contributed by atoms with Crippen molar-refractivity contribution in [2.75, 3.05) is 6.61 Å². The molecule has 210 valence electrons. The Morgan fingerprint density at radius 2 is 1.62 bits per heavy atom. The van der Waals surface area contributed by atoms with Crippen LogP contribution in [0.25, 0.3) is 0 Å². The Bertz CT molecular complexity index is 1340. The largest absolute Gasteiger partial charge is 0.490 e. The van der Waals surface area contributed by atoms with Gasteiger partial charge in [0.05, 0.1) is 6.54 Å². The van der Waals surface area contributed by atoms with Crippen LogP contribution in [0.3, 0.4) is 0 Å². The monoisotopic (exact) mass is 560 g/mol. The molecule has 3 saturated carbocycles. The highest BCUT2D eigenvalue weighted by molar-refractivity contribution is 5.44. The smallest absolute Gasteiger partial charge is 0.420 e. The predicted octanol–water partition coefficient (Wildman–Crippen LogP) is 4.29.